The Morgan fingerprint density at radius 3 is 2.04 bits per heavy atom. The number of H-pyrrole nitrogens is 1. The van der Waals surface area contributed by atoms with E-state index in [1.807, 2.05) is 0 Å². The first-order valence-electron chi connectivity index (χ1n) is 19.2. The average molecular weight is 745 g/mol. The Morgan fingerprint density at radius 2 is 1.47 bits per heavy atom. The lowest BCUT2D eigenvalue weighted by atomic mass is 10.0. The largest absolute Gasteiger partial charge is 0.695 e. The molecule has 14 nitrogen and oxygen atoms in total. The Labute approximate surface area is 303 Å². The van der Waals surface area contributed by atoms with Crippen molar-refractivity contribution in [1.82, 2.24) is 14.9 Å². The van der Waals surface area contributed by atoms with E-state index in [1.165, 1.54) is 83.2 Å². The van der Waals surface area contributed by atoms with Gasteiger partial charge in [-0.25, -0.2) is 4.79 Å². The molecule has 15 heteroatoms. The van der Waals surface area contributed by atoms with Gasteiger partial charge in [-0.3, -0.25) is 23.9 Å². The van der Waals surface area contributed by atoms with Gasteiger partial charge < -0.3 is 24.6 Å². The number of aromatic nitrogens is 2. The van der Waals surface area contributed by atoms with Crippen LogP contribution in [0.4, 0.5) is 0 Å². The SMILES string of the molecule is CCCCCCCCCCCCCCCCCC(=O)OC(C)C(=O)NCCCCCCOC1C(O[P+](=O)O)C(CO)OC1n1ccc(=O)[nH]c1=O. The maximum Gasteiger partial charge on any atom is 0.695 e. The van der Waals surface area contributed by atoms with Crippen molar-refractivity contribution < 1.29 is 42.9 Å². The molecule has 292 valence electrons. The standard InChI is InChI=1S/C36H62N3O11P/c1-3-4-5-6-7-8-9-10-11-12-13-14-15-16-19-22-31(42)48-28(2)34(43)37-24-20-17-18-21-26-47-33-32(50-51(45)46)29(27-40)49-35(33)39-25-23-30(41)38-36(39)44/h23,25,28-29,32-33,35,40H,3-22,24,26-27H2,1-2H3,(H2-,37,38,41,43,44,45,46)/p+1. The van der Waals surface area contributed by atoms with Crippen molar-refractivity contribution >= 4 is 20.1 Å². The molecule has 4 N–H and O–H groups in total. The highest BCUT2D eigenvalue weighted by molar-refractivity contribution is 7.32. The minimum Gasteiger partial charge on any atom is -0.453 e. The van der Waals surface area contributed by atoms with Crippen LogP contribution in [0.2, 0.25) is 0 Å². The maximum absolute atomic E-state index is 12.4. The number of aliphatic hydroxyl groups is 1. The molecule has 51 heavy (non-hydrogen) atoms. The minimum absolute atomic E-state index is 0.196. The zero-order chi connectivity index (χ0) is 37.3. The summed E-state index contributed by atoms with van der Waals surface area (Å²) < 4.78 is 34.5. The number of nitrogens with zero attached hydrogens (tertiary/aromatic N) is 1. The Bertz CT molecular complexity index is 1240. The van der Waals surface area contributed by atoms with E-state index in [4.69, 9.17) is 18.7 Å². The van der Waals surface area contributed by atoms with Crippen LogP contribution in [-0.2, 0) is 32.9 Å². The van der Waals surface area contributed by atoms with Gasteiger partial charge in [0.15, 0.2) is 18.4 Å². The van der Waals surface area contributed by atoms with Crippen LogP contribution < -0.4 is 16.6 Å². The number of hydrogen-bond acceptors (Lipinski definition) is 10. The van der Waals surface area contributed by atoms with Gasteiger partial charge >= 0.3 is 19.9 Å². The molecule has 1 aliphatic heterocycles. The average Bonchev–Trinajstić information content (AvgIpc) is 3.43. The van der Waals surface area contributed by atoms with E-state index in [-0.39, 0.29) is 18.5 Å². The molecule has 0 bridgehead atoms. The smallest absolute Gasteiger partial charge is 0.453 e. The summed E-state index contributed by atoms with van der Waals surface area (Å²) in [6.07, 6.45) is 18.0. The molecule has 1 saturated heterocycles. The number of carbonyl (C=O) groups is 2. The molecule has 0 saturated carbocycles. The van der Waals surface area contributed by atoms with Gasteiger partial charge in [0, 0.05) is 36.4 Å². The normalized spacial score (nSPS) is 19.6. The topological polar surface area (TPSA) is 195 Å². The van der Waals surface area contributed by atoms with Gasteiger partial charge in [0.1, 0.15) is 12.2 Å². The molecular weight excluding hydrogens is 681 g/mol. The van der Waals surface area contributed by atoms with Crippen molar-refractivity contribution in [2.45, 2.75) is 173 Å². The van der Waals surface area contributed by atoms with E-state index < -0.39 is 56.8 Å². The van der Waals surface area contributed by atoms with Crippen molar-refractivity contribution in [3.05, 3.63) is 33.1 Å². The fraction of sp³-hybridized carbons (Fsp3) is 0.833. The van der Waals surface area contributed by atoms with Crippen LogP contribution in [-0.4, -0.2) is 75.6 Å². The van der Waals surface area contributed by atoms with Crippen LogP contribution in [0.3, 0.4) is 0 Å². The molecule has 0 radical (unpaired) electrons. The molecule has 6 atom stereocenters. The van der Waals surface area contributed by atoms with Crippen LogP contribution in [0, 0.1) is 0 Å². The van der Waals surface area contributed by atoms with Crippen molar-refractivity contribution in [3.63, 3.8) is 0 Å². The van der Waals surface area contributed by atoms with Crippen molar-refractivity contribution in [3.8, 4) is 0 Å². The van der Waals surface area contributed by atoms with Gasteiger partial charge in [-0.05, 0) is 26.2 Å². The third-order valence-corrected chi connectivity index (χ3v) is 9.57. The van der Waals surface area contributed by atoms with Crippen molar-refractivity contribution in [2.24, 2.45) is 0 Å². The highest BCUT2D eigenvalue weighted by Crippen LogP contribution is 2.37. The van der Waals surface area contributed by atoms with Crippen molar-refractivity contribution in [2.75, 3.05) is 19.8 Å². The third-order valence-electron chi connectivity index (χ3n) is 9.15. The molecule has 1 aromatic rings. The van der Waals surface area contributed by atoms with Crippen LogP contribution in [0.25, 0.3) is 0 Å². The number of aromatic amines is 1. The molecule has 1 fully saturated rings. The molecule has 1 aliphatic rings. The Hall–Kier alpha value is -2.48. The number of carbonyl (C=O) groups excluding carboxylic acids is 2. The molecular formula is C36H63N3O11P+. The summed E-state index contributed by atoms with van der Waals surface area (Å²) in [6, 6.07) is 1.13. The first-order valence-corrected chi connectivity index (χ1v) is 20.3. The van der Waals surface area contributed by atoms with Gasteiger partial charge in [-0.1, -0.05) is 110 Å². The summed E-state index contributed by atoms with van der Waals surface area (Å²) >= 11 is 0. The Kier molecular flexibility index (Phi) is 23.8. The molecule has 2 rings (SSSR count). The fourth-order valence-corrected chi connectivity index (χ4v) is 6.68. The maximum atomic E-state index is 12.4. The van der Waals surface area contributed by atoms with Gasteiger partial charge in [0.2, 0.25) is 0 Å². The summed E-state index contributed by atoms with van der Waals surface area (Å²) in [5.41, 5.74) is -1.37. The molecule has 1 amide bonds. The second-order valence-electron chi connectivity index (χ2n) is 13.4. The fourth-order valence-electron chi connectivity index (χ4n) is 6.22. The molecule has 1 aromatic heterocycles. The first kappa shape index (κ1) is 44.7. The lowest BCUT2D eigenvalue weighted by Crippen LogP contribution is -2.40. The molecule has 2 heterocycles. The van der Waals surface area contributed by atoms with Gasteiger partial charge in [0.25, 0.3) is 11.5 Å². The first-order chi connectivity index (χ1) is 24.7. The molecule has 0 aromatic carbocycles. The quantitative estimate of drug-likeness (QED) is 0.0428. The van der Waals surface area contributed by atoms with Crippen LogP contribution in [0.5, 0.6) is 0 Å². The third kappa shape index (κ3) is 18.7. The van der Waals surface area contributed by atoms with Crippen LogP contribution in [0.15, 0.2) is 21.9 Å². The number of hydrogen-bond donors (Lipinski definition) is 4. The number of amides is 1. The molecule has 0 spiro atoms. The van der Waals surface area contributed by atoms with Crippen LogP contribution in [0.1, 0.15) is 148 Å². The van der Waals surface area contributed by atoms with Crippen LogP contribution >= 0.6 is 8.25 Å². The van der Waals surface area contributed by atoms with E-state index >= 15 is 0 Å². The summed E-state index contributed by atoms with van der Waals surface area (Å²) in [5, 5.41) is 12.5. The number of unbranched alkanes of at least 4 members (excludes halogenated alkanes) is 17. The van der Waals surface area contributed by atoms with E-state index in [1.54, 1.807) is 6.92 Å². The summed E-state index contributed by atoms with van der Waals surface area (Å²) in [6.45, 7) is 3.89. The van der Waals surface area contributed by atoms with Gasteiger partial charge in [-0.2, -0.15) is 0 Å². The van der Waals surface area contributed by atoms with Gasteiger partial charge in [0.05, 0.1) is 6.61 Å². The second kappa shape index (κ2) is 27.2. The number of rotatable bonds is 30. The highest BCUT2D eigenvalue weighted by Gasteiger charge is 2.51. The zero-order valence-electron chi connectivity index (χ0n) is 30.8. The summed E-state index contributed by atoms with van der Waals surface area (Å²) in [5.74, 6) is -0.684. The van der Waals surface area contributed by atoms with E-state index in [0.29, 0.717) is 25.8 Å². The van der Waals surface area contributed by atoms with E-state index in [0.717, 1.165) is 42.7 Å². The number of nitrogens with one attached hydrogen (secondary N) is 2. The predicted molar refractivity (Wildman–Crippen MR) is 193 cm³/mol. The predicted octanol–water partition coefficient (Wildman–Crippen LogP) is 5.72. The lowest BCUT2D eigenvalue weighted by molar-refractivity contribution is -0.154. The number of aliphatic hydroxyl groups excluding tert-OH is 1. The van der Waals surface area contributed by atoms with Gasteiger partial charge in [-0.15, -0.1) is 9.42 Å². The second-order valence-corrected chi connectivity index (χ2v) is 14.1. The lowest BCUT2D eigenvalue weighted by Gasteiger charge is -2.22. The summed E-state index contributed by atoms with van der Waals surface area (Å²) in [7, 11) is -3.05. The highest BCUT2D eigenvalue weighted by atomic mass is 31.1. The Balaban J connectivity index is 1.52. The monoisotopic (exact) mass is 744 g/mol. The molecule has 0 aliphatic carbocycles. The molecule has 6 unspecified atom stereocenters. The van der Waals surface area contributed by atoms with Crippen molar-refractivity contribution in [1.29, 1.82) is 0 Å². The van der Waals surface area contributed by atoms with E-state index in [9.17, 15) is 33.7 Å². The zero-order valence-corrected chi connectivity index (χ0v) is 31.7. The summed E-state index contributed by atoms with van der Waals surface area (Å²) in [4.78, 5) is 59.9. The van der Waals surface area contributed by atoms with E-state index in [2.05, 4.69) is 17.2 Å². The minimum atomic E-state index is -3.05. The number of ether oxygens (including phenoxy) is 3. The number of esters is 1. The Morgan fingerprint density at radius 1 is 0.902 bits per heavy atom.